The van der Waals surface area contributed by atoms with Crippen molar-refractivity contribution in [3.8, 4) is 5.75 Å². The van der Waals surface area contributed by atoms with E-state index in [0.717, 1.165) is 6.54 Å². The highest BCUT2D eigenvalue weighted by molar-refractivity contribution is 6.35. The highest BCUT2D eigenvalue weighted by Gasteiger charge is 2.21. The number of hydrogen-bond donors (Lipinski definition) is 1. The van der Waals surface area contributed by atoms with Gasteiger partial charge in [-0.25, -0.2) is 0 Å². The molecule has 5 heteroatoms. The van der Waals surface area contributed by atoms with Gasteiger partial charge in [0, 0.05) is 17.6 Å². The number of hydrogen-bond acceptors (Lipinski definition) is 3. The maximum Gasteiger partial charge on any atom is 0.138 e. The fourth-order valence-corrected chi connectivity index (χ4v) is 2.99. The third kappa shape index (κ3) is 4.52. The molecule has 1 aliphatic rings. The molecule has 0 saturated carbocycles. The van der Waals surface area contributed by atoms with E-state index in [1.54, 1.807) is 18.2 Å². The number of β-amino-alcohol motifs (C(OH)–C–C–N with tert-alkyl or cyclic N) is 1. The first-order chi connectivity index (χ1) is 9.56. The first-order valence-corrected chi connectivity index (χ1v) is 7.82. The lowest BCUT2D eigenvalue weighted by atomic mass is 10.0. The van der Waals surface area contributed by atoms with Crippen LogP contribution < -0.4 is 4.74 Å². The van der Waals surface area contributed by atoms with Crippen molar-refractivity contribution in [3.05, 3.63) is 28.2 Å². The Balaban J connectivity index is 1.81. The van der Waals surface area contributed by atoms with E-state index in [1.165, 1.54) is 19.3 Å². The number of rotatable bonds is 5. The van der Waals surface area contributed by atoms with E-state index >= 15 is 0 Å². The SMILES string of the molecule is C[C@H]1CCCCN1C[C@@H](O)COc1ccc(Cl)cc1Cl. The summed E-state index contributed by atoms with van der Waals surface area (Å²) in [6, 6.07) is 5.62. The summed E-state index contributed by atoms with van der Waals surface area (Å²) in [5.74, 6) is 0.557. The Morgan fingerprint density at radius 1 is 1.40 bits per heavy atom. The summed E-state index contributed by atoms with van der Waals surface area (Å²) in [4.78, 5) is 2.32. The Hall–Kier alpha value is -0.480. The van der Waals surface area contributed by atoms with Crippen LogP contribution in [0.1, 0.15) is 26.2 Å². The summed E-state index contributed by atoms with van der Waals surface area (Å²) in [5.41, 5.74) is 0. The Morgan fingerprint density at radius 3 is 2.90 bits per heavy atom. The molecule has 0 amide bonds. The minimum atomic E-state index is -0.512. The van der Waals surface area contributed by atoms with Gasteiger partial charge in [-0.15, -0.1) is 0 Å². The summed E-state index contributed by atoms with van der Waals surface area (Å²) < 4.78 is 5.56. The van der Waals surface area contributed by atoms with Gasteiger partial charge < -0.3 is 9.84 Å². The Bertz CT molecular complexity index is 442. The normalized spacial score (nSPS) is 21.7. The number of aliphatic hydroxyl groups is 1. The number of likely N-dealkylation sites (tertiary alicyclic amines) is 1. The fraction of sp³-hybridized carbons (Fsp3) is 0.600. The topological polar surface area (TPSA) is 32.7 Å². The lowest BCUT2D eigenvalue weighted by Gasteiger charge is -2.34. The minimum absolute atomic E-state index is 0.241. The molecule has 0 radical (unpaired) electrons. The molecule has 2 atom stereocenters. The van der Waals surface area contributed by atoms with Crippen molar-refractivity contribution in [1.29, 1.82) is 0 Å². The highest BCUT2D eigenvalue weighted by atomic mass is 35.5. The van der Waals surface area contributed by atoms with Crippen LogP contribution in [0.2, 0.25) is 10.0 Å². The smallest absolute Gasteiger partial charge is 0.138 e. The predicted octanol–water partition coefficient (Wildman–Crippen LogP) is 3.61. The molecule has 1 heterocycles. The number of piperidine rings is 1. The van der Waals surface area contributed by atoms with Crippen molar-refractivity contribution in [2.45, 2.75) is 38.3 Å². The summed E-state index contributed by atoms with van der Waals surface area (Å²) in [6.07, 6.45) is 3.18. The number of nitrogens with zero attached hydrogens (tertiary/aromatic N) is 1. The van der Waals surface area contributed by atoms with Gasteiger partial charge in [0.25, 0.3) is 0 Å². The molecule has 1 N–H and O–H groups in total. The van der Waals surface area contributed by atoms with Crippen LogP contribution in [0, 0.1) is 0 Å². The first-order valence-electron chi connectivity index (χ1n) is 7.06. The molecular formula is C15H21Cl2NO2. The van der Waals surface area contributed by atoms with E-state index in [-0.39, 0.29) is 6.61 Å². The molecule has 1 fully saturated rings. The zero-order valence-corrected chi connectivity index (χ0v) is 13.2. The zero-order valence-electron chi connectivity index (χ0n) is 11.7. The van der Waals surface area contributed by atoms with Gasteiger partial charge in [0.2, 0.25) is 0 Å². The molecule has 20 heavy (non-hydrogen) atoms. The van der Waals surface area contributed by atoms with Crippen molar-refractivity contribution in [2.24, 2.45) is 0 Å². The van der Waals surface area contributed by atoms with E-state index in [2.05, 4.69) is 11.8 Å². The molecule has 112 valence electrons. The molecule has 1 aliphatic heterocycles. The van der Waals surface area contributed by atoms with Crippen LogP contribution in [0.15, 0.2) is 18.2 Å². The zero-order chi connectivity index (χ0) is 14.5. The predicted molar refractivity (Wildman–Crippen MR) is 82.8 cm³/mol. The largest absolute Gasteiger partial charge is 0.489 e. The van der Waals surface area contributed by atoms with Gasteiger partial charge >= 0.3 is 0 Å². The molecule has 0 unspecified atom stereocenters. The fourth-order valence-electron chi connectivity index (χ4n) is 2.53. The van der Waals surface area contributed by atoms with Gasteiger partial charge in [-0.2, -0.15) is 0 Å². The van der Waals surface area contributed by atoms with Gasteiger partial charge in [-0.3, -0.25) is 4.90 Å². The lowest BCUT2D eigenvalue weighted by Crippen LogP contribution is -2.43. The average molecular weight is 318 g/mol. The van der Waals surface area contributed by atoms with Crippen LogP contribution in [0.5, 0.6) is 5.75 Å². The highest BCUT2D eigenvalue weighted by Crippen LogP contribution is 2.27. The monoisotopic (exact) mass is 317 g/mol. The van der Waals surface area contributed by atoms with Gasteiger partial charge in [0.1, 0.15) is 18.5 Å². The molecule has 0 aliphatic carbocycles. The van der Waals surface area contributed by atoms with Crippen LogP contribution >= 0.6 is 23.2 Å². The van der Waals surface area contributed by atoms with Gasteiger partial charge in [0.05, 0.1) is 5.02 Å². The van der Waals surface area contributed by atoms with E-state index in [1.807, 2.05) is 0 Å². The number of ether oxygens (including phenoxy) is 1. The molecule has 0 aromatic heterocycles. The number of aliphatic hydroxyl groups excluding tert-OH is 1. The van der Waals surface area contributed by atoms with Crippen molar-refractivity contribution in [2.75, 3.05) is 19.7 Å². The van der Waals surface area contributed by atoms with Crippen LogP contribution in [-0.2, 0) is 0 Å². The quantitative estimate of drug-likeness (QED) is 0.900. The van der Waals surface area contributed by atoms with Crippen molar-refractivity contribution < 1.29 is 9.84 Å². The molecule has 1 saturated heterocycles. The second kappa shape index (κ2) is 7.51. The van der Waals surface area contributed by atoms with E-state index < -0.39 is 6.10 Å². The maximum atomic E-state index is 10.1. The second-order valence-electron chi connectivity index (χ2n) is 5.38. The minimum Gasteiger partial charge on any atom is -0.489 e. The Labute approximate surface area is 130 Å². The van der Waals surface area contributed by atoms with Crippen LogP contribution in [-0.4, -0.2) is 41.8 Å². The van der Waals surface area contributed by atoms with Crippen molar-refractivity contribution in [1.82, 2.24) is 4.90 Å². The van der Waals surface area contributed by atoms with Gasteiger partial charge in [0.15, 0.2) is 0 Å². The van der Waals surface area contributed by atoms with Crippen LogP contribution in [0.25, 0.3) is 0 Å². The molecule has 1 aromatic carbocycles. The summed E-state index contributed by atoms with van der Waals surface area (Å²) in [5, 5.41) is 11.1. The van der Waals surface area contributed by atoms with E-state index in [0.29, 0.717) is 28.4 Å². The van der Waals surface area contributed by atoms with Crippen LogP contribution in [0.4, 0.5) is 0 Å². The van der Waals surface area contributed by atoms with E-state index in [4.69, 9.17) is 27.9 Å². The summed E-state index contributed by atoms with van der Waals surface area (Å²) in [6.45, 7) is 4.15. The summed E-state index contributed by atoms with van der Waals surface area (Å²) in [7, 11) is 0. The Morgan fingerprint density at radius 2 is 2.20 bits per heavy atom. The van der Waals surface area contributed by atoms with Gasteiger partial charge in [-0.05, 0) is 44.5 Å². The number of halogens is 2. The molecule has 0 spiro atoms. The van der Waals surface area contributed by atoms with Crippen molar-refractivity contribution in [3.63, 3.8) is 0 Å². The molecular weight excluding hydrogens is 297 g/mol. The van der Waals surface area contributed by atoms with E-state index in [9.17, 15) is 5.11 Å². The van der Waals surface area contributed by atoms with Crippen molar-refractivity contribution >= 4 is 23.2 Å². The average Bonchev–Trinajstić information content (AvgIpc) is 2.40. The maximum absolute atomic E-state index is 10.1. The molecule has 1 aromatic rings. The van der Waals surface area contributed by atoms with Gasteiger partial charge in [-0.1, -0.05) is 29.6 Å². The third-order valence-corrected chi connectivity index (χ3v) is 4.24. The molecule has 0 bridgehead atoms. The molecule has 2 rings (SSSR count). The number of benzene rings is 1. The third-order valence-electron chi connectivity index (χ3n) is 3.71. The second-order valence-corrected chi connectivity index (χ2v) is 6.22. The molecule has 3 nitrogen and oxygen atoms in total. The Kier molecular flexibility index (Phi) is 5.97. The van der Waals surface area contributed by atoms with Crippen LogP contribution in [0.3, 0.4) is 0 Å². The standard InChI is InChI=1S/C15H21Cl2NO2/c1-11-4-2-3-7-18(11)9-13(19)10-20-15-6-5-12(16)8-14(15)17/h5-6,8,11,13,19H,2-4,7,9-10H2,1H3/t11-,13+/m0/s1. The lowest BCUT2D eigenvalue weighted by molar-refractivity contribution is 0.0438. The summed E-state index contributed by atoms with van der Waals surface area (Å²) >= 11 is 11.9. The first kappa shape index (κ1) is 15.9.